The lowest BCUT2D eigenvalue weighted by atomic mass is 9.91. The van der Waals surface area contributed by atoms with Crippen LogP contribution in [0.1, 0.15) is 24.0 Å². The molecule has 0 radical (unpaired) electrons. The van der Waals surface area contributed by atoms with E-state index in [0.29, 0.717) is 17.8 Å². The van der Waals surface area contributed by atoms with Gasteiger partial charge in [-0.3, -0.25) is 9.59 Å². The van der Waals surface area contributed by atoms with Crippen LogP contribution >= 0.6 is 0 Å². The lowest BCUT2D eigenvalue weighted by Crippen LogP contribution is -2.23. The molecule has 4 nitrogen and oxygen atoms in total. The second-order valence-electron chi connectivity index (χ2n) is 6.55. The number of rotatable bonds is 6. The molecule has 1 unspecified atom stereocenters. The minimum absolute atomic E-state index is 0.184. The predicted molar refractivity (Wildman–Crippen MR) is 109 cm³/mol. The van der Waals surface area contributed by atoms with Crippen LogP contribution in [0.15, 0.2) is 78.9 Å². The number of carbonyl (C=O) groups excluding carboxylic acids is 2. The van der Waals surface area contributed by atoms with E-state index < -0.39 is 5.92 Å². The minimum atomic E-state index is -0.479. The van der Waals surface area contributed by atoms with Crippen LogP contribution in [0.25, 0.3) is 0 Å². The minimum Gasteiger partial charge on any atom is -0.326 e. The van der Waals surface area contributed by atoms with Gasteiger partial charge in [0.25, 0.3) is 0 Å². The predicted octanol–water partition coefficient (Wildman–Crippen LogP) is 4.75. The average molecular weight is 376 g/mol. The Kier molecular flexibility index (Phi) is 6.17. The Hall–Kier alpha value is -3.47. The Morgan fingerprint density at radius 1 is 0.857 bits per heavy atom. The molecule has 0 aliphatic carbocycles. The molecule has 0 fully saturated rings. The molecule has 0 saturated heterocycles. The van der Waals surface area contributed by atoms with Crippen LogP contribution in [0.4, 0.5) is 15.8 Å². The van der Waals surface area contributed by atoms with Gasteiger partial charge in [0.2, 0.25) is 11.8 Å². The van der Waals surface area contributed by atoms with E-state index in [1.165, 1.54) is 19.1 Å². The highest BCUT2D eigenvalue weighted by molar-refractivity contribution is 5.97. The molecule has 2 N–H and O–H groups in total. The highest BCUT2D eigenvalue weighted by atomic mass is 19.1. The van der Waals surface area contributed by atoms with Crippen LogP contribution in [-0.4, -0.2) is 11.8 Å². The van der Waals surface area contributed by atoms with Gasteiger partial charge in [0, 0.05) is 18.3 Å². The topological polar surface area (TPSA) is 58.2 Å². The van der Waals surface area contributed by atoms with Gasteiger partial charge in [0.1, 0.15) is 5.82 Å². The normalized spacial score (nSPS) is 11.5. The number of carbonyl (C=O) groups is 2. The Bertz CT molecular complexity index is 956. The lowest BCUT2D eigenvalue weighted by Gasteiger charge is -2.18. The van der Waals surface area contributed by atoms with Gasteiger partial charge in [-0.1, -0.05) is 48.5 Å². The van der Waals surface area contributed by atoms with Crippen molar-refractivity contribution in [2.75, 3.05) is 10.6 Å². The molecule has 0 aliphatic rings. The molecular formula is C23H21FN2O2. The van der Waals surface area contributed by atoms with Crippen molar-refractivity contribution in [1.82, 2.24) is 0 Å². The van der Waals surface area contributed by atoms with Crippen LogP contribution < -0.4 is 10.6 Å². The molecule has 1 atom stereocenters. The van der Waals surface area contributed by atoms with Gasteiger partial charge in [0.15, 0.2) is 0 Å². The summed E-state index contributed by atoms with van der Waals surface area (Å²) in [6.07, 6.45) is 0.490. The first-order chi connectivity index (χ1) is 13.5. The van der Waals surface area contributed by atoms with Gasteiger partial charge < -0.3 is 10.6 Å². The van der Waals surface area contributed by atoms with Gasteiger partial charge >= 0.3 is 0 Å². The third kappa shape index (κ3) is 5.27. The molecule has 0 aromatic heterocycles. The second-order valence-corrected chi connectivity index (χ2v) is 6.55. The third-order valence-corrected chi connectivity index (χ3v) is 4.32. The smallest absolute Gasteiger partial charge is 0.232 e. The van der Waals surface area contributed by atoms with Crippen molar-refractivity contribution in [1.29, 1.82) is 0 Å². The van der Waals surface area contributed by atoms with E-state index in [1.807, 2.05) is 30.3 Å². The fourth-order valence-electron chi connectivity index (χ4n) is 3.01. The number of benzene rings is 3. The summed E-state index contributed by atoms with van der Waals surface area (Å²) < 4.78 is 13.3. The first kappa shape index (κ1) is 19.3. The molecule has 0 spiro atoms. The van der Waals surface area contributed by atoms with Crippen LogP contribution in [0.3, 0.4) is 0 Å². The summed E-state index contributed by atoms with van der Waals surface area (Å²) in [4.78, 5) is 24.3. The number of halogens is 1. The van der Waals surface area contributed by atoms with E-state index in [0.717, 1.165) is 11.1 Å². The number of amides is 2. The molecular weight excluding hydrogens is 355 g/mol. The van der Waals surface area contributed by atoms with Crippen LogP contribution in [0.2, 0.25) is 0 Å². The van der Waals surface area contributed by atoms with Crippen molar-refractivity contribution in [3.05, 3.63) is 95.8 Å². The van der Waals surface area contributed by atoms with Crippen LogP contribution in [0.5, 0.6) is 0 Å². The Labute approximate surface area is 163 Å². The number of nitrogens with one attached hydrogen (secondary N) is 2. The SMILES string of the molecule is CC(=O)Nc1cccc(NC(=O)C(Cc2ccccc2)c2ccc(F)cc2)c1. The average Bonchev–Trinajstić information content (AvgIpc) is 2.67. The zero-order valence-electron chi connectivity index (χ0n) is 15.5. The van der Waals surface area contributed by atoms with Crippen LogP contribution in [0, 0.1) is 5.82 Å². The van der Waals surface area contributed by atoms with E-state index in [-0.39, 0.29) is 17.6 Å². The largest absolute Gasteiger partial charge is 0.326 e. The fourth-order valence-corrected chi connectivity index (χ4v) is 3.01. The molecule has 2 amide bonds. The van der Waals surface area contributed by atoms with Crippen molar-refractivity contribution < 1.29 is 14.0 Å². The number of hydrogen-bond acceptors (Lipinski definition) is 2. The number of hydrogen-bond donors (Lipinski definition) is 2. The zero-order valence-corrected chi connectivity index (χ0v) is 15.5. The van der Waals surface area contributed by atoms with E-state index in [4.69, 9.17) is 0 Å². The lowest BCUT2D eigenvalue weighted by molar-refractivity contribution is -0.117. The van der Waals surface area contributed by atoms with Crippen molar-refractivity contribution in [3.63, 3.8) is 0 Å². The van der Waals surface area contributed by atoms with E-state index in [2.05, 4.69) is 10.6 Å². The second kappa shape index (κ2) is 8.95. The summed E-state index contributed by atoms with van der Waals surface area (Å²) in [5, 5.41) is 5.60. The van der Waals surface area contributed by atoms with Gasteiger partial charge in [-0.25, -0.2) is 4.39 Å². The van der Waals surface area contributed by atoms with Crippen molar-refractivity contribution in [2.45, 2.75) is 19.3 Å². The molecule has 142 valence electrons. The van der Waals surface area contributed by atoms with Gasteiger partial charge in [0.05, 0.1) is 5.92 Å². The quantitative estimate of drug-likeness (QED) is 0.652. The fraction of sp³-hybridized carbons (Fsp3) is 0.130. The summed E-state index contributed by atoms with van der Waals surface area (Å²) in [6.45, 7) is 1.43. The van der Waals surface area contributed by atoms with Gasteiger partial charge in [-0.2, -0.15) is 0 Å². The monoisotopic (exact) mass is 376 g/mol. The van der Waals surface area contributed by atoms with Crippen LogP contribution in [-0.2, 0) is 16.0 Å². The highest BCUT2D eigenvalue weighted by Gasteiger charge is 2.21. The van der Waals surface area contributed by atoms with E-state index >= 15 is 0 Å². The first-order valence-corrected chi connectivity index (χ1v) is 8.99. The van der Waals surface area contributed by atoms with Crippen molar-refractivity contribution in [2.24, 2.45) is 0 Å². The maximum atomic E-state index is 13.3. The summed E-state index contributed by atoms with van der Waals surface area (Å²) in [6, 6.07) is 22.6. The Morgan fingerprint density at radius 3 is 2.14 bits per heavy atom. The molecule has 0 aliphatic heterocycles. The molecule has 3 aromatic carbocycles. The van der Waals surface area contributed by atoms with Gasteiger partial charge in [-0.15, -0.1) is 0 Å². The summed E-state index contributed by atoms with van der Waals surface area (Å²) in [5.41, 5.74) is 2.93. The van der Waals surface area contributed by atoms with Crippen molar-refractivity contribution >= 4 is 23.2 Å². The molecule has 0 bridgehead atoms. The molecule has 3 rings (SSSR count). The zero-order chi connectivity index (χ0) is 19.9. The standard InChI is InChI=1S/C23H21FN2O2/c1-16(27)25-20-8-5-9-21(15-20)26-23(28)22(14-17-6-3-2-4-7-17)18-10-12-19(24)13-11-18/h2-13,15,22H,14H2,1H3,(H,25,27)(H,26,28). The van der Waals surface area contributed by atoms with E-state index in [1.54, 1.807) is 36.4 Å². The molecule has 5 heteroatoms. The van der Waals surface area contributed by atoms with Crippen molar-refractivity contribution in [3.8, 4) is 0 Å². The third-order valence-electron chi connectivity index (χ3n) is 4.32. The Morgan fingerprint density at radius 2 is 1.50 bits per heavy atom. The number of anilines is 2. The molecule has 28 heavy (non-hydrogen) atoms. The highest BCUT2D eigenvalue weighted by Crippen LogP contribution is 2.24. The molecule has 0 saturated carbocycles. The first-order valence-electron chi connectivity index (χ1n) is 8.99. The maximum absolute atomic E-state index is 13.3. The van der Waals surface area contributed by atoms with E-state index in [9.17, 15) is 14.0 Å². The Balaban J connectivity index is 1.84. The summed E-state index contributed by atoms with van der Waals surface area (Å²) >= 11 is 0. The molecule has 3 aromatic rings. The summed E-state index contributed by atoms with van der Waals surface area (Å²) in [7, 11) is 0. The summed E-state index contributed by atoms with van der Waals surface area (Å²) in [5.74, 6) is -1.20. The van der Waals surface area contributed by atoms with Gasteiger partial charge in [-0.05, 0) is 47.9 Å². The maximum Gasteiger partial charge on any atom is 0.232 e. The molecule has 0 heterocycles.